The van der Waals surface area contributed by atoms with E-state index >= 15 is 0 Å². The van der Waals surface area contributed by atoms with E-state index in [1.165, 1.54) is 19.3 Å². The van der Waals surface area contributed by atoms with E-state index in [2.05, 4.69) is 16.9 Å². The second kappa shape index (κ2) is 11.3. The Morgan fingerprint density at radius 1 is 1.07 bits per heavy atom. The molecule has 5 heteroatoms. The summed E-state index contributed by atoms with van der Waals surface area (Å²) in [5, 5.41) is 0. The predicted octanol–water partition coefficient (Wildman–Crippen LogP) is 5.44. The molecule has 0 fully saturated rings. The zero-order valence-electron chi connectivity index (χ0n) is 16.6. The molecule has 0 aliphatic carbocycles. The van der Waals surface area contributed by atoms with Crippen molar-refractivity contribution in [3.63, 3.8) is 0 Å². The smallest absolute Gasteiger partial charge is 0.325 e. The van der Waals surface area contributed by atoms with Gasteiger partial charge in [-0.2, -0.15) is 9.97 Å². The van der Waals surface area contributed by atoms with Gasteiger partial charge >= 0.3 is 12.0 Å². The highest BCUT2D eigenvalue weighted by atomic mass is 16.5. The third kappa shape index (κ3) is 6.66. The van der Waals surface area contributed by atoms with E-state index in [0.717, 1.165) is 18.4 Å². The van der Waals surface area contributed by atoms with Crippen LogP contribution in [-0.2, 0) is 4.79 Å². The highest BCUT2D eigenvalue weighted by molar-refractivity contribution is 5.74. The third-order valence-electron chi connectivity index (χ3n) is 4.49. The predicted molar refractivity (Wildman–Crippen MR) is 107 cm³/mol. The zero-order valence-corrected chi connectivity index (χ0v) is 16.6. The van der Waals surface area contributed by atoms with Crippen LogP contribution in [0.5, 0.6) is 11.8 Å². The number of hydrogen-bond acceptors (Lipinski definition) is 5. The molecule has 0 amide bonds. The maximum Gasteiger partial charge on any atom is 0.325 e. The van der Waals surface area contributed by atoms with E-state index in [4.69, 9.17) is 9.47 Å². The van der Waals surface area contributed by atoms with Crippen molar-refractivity contribution < 1.29 is 14.3 Å². The second-order valence-corrected chi connectivity index (χ2v) is 6.72. The number of carbonyl (C=O) groups excluding carboxylic acids is 1. The van der Waals surface area contributed by atoms with E-state index in [1.54, 1.807) is 6.20 Å². The summed E-state index contributed by atoms with van der Waals surface area (Å²) in [5.74, 6) is 0.106. The van der Waals surface area contributed by atoms with Gasteiger partial charge in [0.2, 0.25) is 0 Å². The number of hydrogen-bond donors (Lipinski definition) is 0. The first-order valence-electron chi connectivity index (χ1n) is 9.92. The monoisotopic (exact) mass is 370 g/mol. The van der Waals surface area contributed by atoms with E-state index in [9.17, 15) is 4.79 Å². The molecule has 146 valence electrons. The van der Waals surface area contributed by atoms with Gasteiger partial charge in [0.05, 0.1) is 18.7 Å². The van der Waals surface area contributed by atoms with Gasteiger partial charge in [-0.15, -0.1) is 0 Å². The molecule has 1 aromatic carbocycles. The van der Waals surface area contributed by atoms with Crippen molar-refractivity contribution in [1.82, 2.24) is 9.97 Å². The number of unbranched alkanes of at least 4 members (excludes halogenated alkanes) is 4. The lowest BCUT2D eigenvalue weighted by Crippen LogP contribution is -2.18. The van der Waals surface area contributed by atoms with Crippen LogP contribution in [0.1, 0.15) is 59.3 Å². The normalized spacial score (nSPS) is 11.8. The highest BCUT2D eigenvalue weighted by Gasteiger charge is 2.17. The quantitative estimate of drug-likeness (QED) is 0.389. The summed E-state index contributed by atoms with van der Waals surface area (Å²) in [6, 6.07) is 9.80. The van der Waals surface area contributed by atoms with Crippen molar-refractivity contribution in [2.75, 3.05) is 6.61 Å². The van der Waals surface area contributed by atoms with Crippen molar-refractivity contribution in [2.45, 2.75) is 59.3 Å². The SMILES string of the molecule is CCCCCCCOc1cnc(OC(=O)C(C)CC)nc1-c1ccccc1. The minimum Gasteiger partial charge on any atom is -0.490 e. The molecule has 27 heavy (non-hydrogen) atoms. The summed E-state index contributed by atoms with van der Waals surface area (Å²) < 4.78 is 11.3. The number of aromatic nitrogens is 2. The van der Waals surface area contributed by atoms with Crippen LogP contribution in [0.15, 0.2) is 36.5 Å². The average Bonchev–Trinajstić information content (AvgIpc) is 2.71. The first kappa shape index (κ1) is 20.9. The Balaban J connectivity index is 2.12. The largest absolute Gasteiger partial charge is 0.490 e. The Bertz CT molecular complexity index is 704. The van der Waals surface area contributed by atoms with Crippen LogP contribution >= 0.6 is 0 Å². The van der Waals surface area contributed by atoms with Crippen molar-refractivity contribution in [1.29, 1.82) is 0 Å². The maximum atomic E-state index is 12.0. The average molecular weight is 370 g/mol. The van der Waals surface area contributed by atoms with Crippen molar-refractivity contribution in [3.05, 3.63) is 36.5 Å². The number of rotatable bonds is 11. The lowest BCUT2D eigenvalue weighted by molar-refractivity contribution is -0.139. The summed E-state index contributed by atoms with van der Waals surface area (Å²) in [6.07, 6.45) is 8.17. The summed E-state index contributed by atoms with van der Waals surface area (Å²) in [4.78, 5) is 20.7. The van der Waals surface area contributed by atoms with Gasteiger partial charge in [0.15, 0.2) is 5.75 Å². The molecular formula is C22H30N2O3. The van der Waals surface area contributed by atoms with Crippen LogP contribution in [0.3, 0.4) is 0 Å². The van der Waals surface area contributed by atoms with Crippen LogP contribution in [0, 0.1) is 5.92 Å². The highest BCUT2D eigenvalue weighted by Crippen LogP contribution is 2.29. The van der Waals surface area contributed by atoms with E-state index in [1.807, 2.05) is 44.2 Å². The Kier molecular flexibility index (Phi) is 8.75. The van der Waals surface area contributed by atoms with Gasteiger partial charge in [-0.05, 0) is 12.8 Å². The Morgan fingerprint density at radius 2 is 1.81 bits per heavy atom. The fourth-order valence-electron chi connectivity index (χ4n) is 2.56. The fraction of sp³-hybridized carbons (Fsp3) is 0.500. The molecule has 1 aromatic heterocycles. The molecule has 1 atom stereocenters. The van der Waals surface area contributed by atoms with E-state index in [-0.39, 0.29) is 17.9 Å². The van der Waals surface area contributed by atoms with Crippen LogP contribution < -0.4 is 9.47 Å². The molecule has 0 saturated heterocycles. The molecule has 0 bridgehead atoms. The first-order chi connectivity index (χ1) is 13.2. The summed E-state index contributed by atoms with van der Waals surface area (Å²) in [6.45, 7) is 6.60. The molecule has 0 saturated carbocycles. The molecule has 0 aliphatic heterocycles. The number of nitrogens with zero attached hydrogens (tertiary/aromatic N) is 2. The number of esters is 1. The van der Waals surface area contributed by atoms with Crippen molar-refractivity contribution in [3.8, 4) is 23.0 Å². The lowest BCUT2D eigenvalue weighted by Gasteiger charge is -2.13. The number of ether oxygens (including phenoxy) is 2. The minimum atomic E-state index is -0.318. The molecule has 0 N–H and O–H groups in total. The second-order valence-electron chi connectivity index (χ2n) is 6.72. The van der Waals surface area contributed by atoms with E-state index < -0.39 is 0 Å². The molecule has 5 nitrogen and oxygen atoms in total. The lowest BCUT2D eigenvalue weighted by atomic mass is 10.1. The van der Waals surface area contributed by atoms with Crippen molar-refractivity contribution in [2.24, 2.45) is 5.92 Å². The van der Waals surface area contributed by atoms with Gasteiger partial charge in [0.25, 0.3) is 0 Å². The van der Waals surface area contributed by atoms with Gasteiger partial charge < -0.3 is 9.47 Å². The summed E-state index contributed by atoms with van der Waals surface area (Å²) in [7, 11) is 0. The third-order valence-corrected chi connectivity index (χ3v) is 4.49. The topological polar surface area (TPSA) is 61.3 Å². The minimum absolute atomic E-state index is 0.0643. The molecule has 0 radical (unpaired) electrons. The summed E-state index contributed by atoms with van der Waals surface area (Å²) >= 11 is 0. The molecule has 1 heterocycles. The molecule has 2 aromatic rings. The standard InChI is InChI=1S/C22H30N2O3/c1-4-6-7-8-12-15-26-19-16-23-22(27-21(25)17(3)5-2)24-20(19)18-13-10-9-11-14-18/h9-11,13-14,16-17H,4-8,12,15H2,1-3H3. The van der Waals surface area contributed by atoms with Crippen LogP contribution in [0.2, 0.25) is 0 Å². The Morgan fingerprint density at radius 3 is 2.52 bits per heavy atom. The molecular weight excluding hydrogens is 340 g/mol. The van der Waals surface area contributed by atoms with Gasteiger partial charge in [0, 0.05) is 5.56 Å². The van der Waals surface area contributed by atoms with Gasteiger partial charge in [-0.1, -0.05) is 76.8 Å². The number of benzene rings is 1. The molecule has 0 spiro atoms. The molecule has 1 unspecified atom stereocenters. The van der Waals surface area contributed by atoms with Gasteiger partial charge in [0.1, 0.15) is 5.69 Å². The summed E-state index contributed by atoms with van der Waals surface area (Å²) in [5.41, 5.74) is 1.55. The first-order valence-corrected chi connectivity index (χ1v) is 9.92. The Hall–Kier alpha value is -2.43. The van der Waals surface area contributed by atoms with E-state index in [0.29, 0.717) is 24.5 Å². The maximum absolute atomic E-state index is 12.0. The van der Waals surface area contributed by atoms with Crippen molar-refractivity contribution >= 4 is 5.97 Å². The van der Waals surface area contributed by atoms with Crippen LogP contribution in [0.4, 0.5) is 0 Å². The molecule has 0 aliphatic rings. The fourth-order valence-corrected chi connectivity index (χ4v) is 2.56. The zero-order chi connectivity index (χ0) is 19.5. The van der Waals surface area contributed by atoms with Crippen LogP contribution in [-0.4, -0.2) is 22.5 Å². The number of carbonyl (C=O) groups is 1. The van der Waals surface area contributed by atoms with Crippen LogP contribution in [0.25, 0.3) is 11.3 Å². The Labute approximate surface area is 162 Å². The molecule has 2 rings (SSSR count). The van der Waals surface area contributed by atoms with Gasteiger partial charge in [-0.25, -0.2) is 0 Å². The van der Waals surface area contributed by atoms with Gasteiger partial charge in [-0.3, -0.25) is 4.79 Å².